The van der Waals surface area contributed by atoms with Crippen molar-refractivity contribution in [1.29, 1.82) is 0 Å². The smallest absolute Gasteiger partial charge is 0.309 e. The second-order valence-corrected chi connectivity index (χ2v) is 9.34. The van der Waals surface area contributed by atoms with Crippen molar-refractivity contribution >= 4 is 28.8 Å². The molecular weight excluding hydrogens is 434 g/mol. The fourth-order valence-corrected chi connectivity index (χ4v) is 5.36. The lowest BCUT2D eigenvalue weighted by molar-refractivity contribution is -0.139. The molecule has 1 aliphatic heterocycles. The minimum atomic E-state index is -0.563. The van der Waals surface area contributed by atoms with Crippen LogP contribution in [0.4, 0.5) is 5.69 Å². The molecule has 0 radical (unpaired) electrons. The van der Waals surface area contributed by atoms with E-state index < -0.39 is 11.8 Å². The van der Waals surface area contributed by atoms with Crippen molar-refractivity contribution in [2.75, 3.05) is 57.3 Å². The molecule has 180 valence electrons. The number of nitrogens with zero attached hydrogens (tertiary/aromatic N) is 3. The first-order valence-corrected chi connectivity index (χ1v) is 12.8. The van der Waals surface area contributed by atoms with Crippen LogP contribution in [-0.4, -0.2) is 80.0 Å². The van der Waals surface area contributed by atoms with E-state index in [4.69, 9.17) is 0 Å². The fourth-order valence-electron chi connectivity index (χ4n) is 4.40. The summed E-state index contributed by atoms with van der Waals surface area (Å²) in [6, 6.07) is 14.5. The highest BCUT2D eigenvalue weighted by molar-refractivity contribution is 7.10. The van der Waals surface area contributed by atoms with Crippen molar-refractivity contribution in [1.82, 2.24) is 20.4 Å². The summed E-state index contributed by atoms with van der Waals surface area (Å²) in [5, 5.41) is 7.78. The van der Waals surface area contributed by atoms with E-state index in [1.54, 1.807) is 11.3 Å². The molecule has 1 aromatic carbocycles. The molecule has 2 amide bonds. The third-order valence-corrected chi connectivity index (χ3v) is 7.25. The highest BCUT2D eigenvalue weighted by Crippen LogP contribution is 2.30. The van der Waals surface area contributed by atoms with E-state index in [0.717, 1.165) is 45.8 Å². The van der Waals surface area contributed by atoms with E-state index in [1.807, 2.05) is 19.1 Å². The van der Waals surface area contributed by atoms with E-state index in [-0.39, 0.29) is 12.1 Å². The van der Waals surface area contributed by atoms with Crippen molar-refractivity contribution in [3.63, 3.8) is 0 Å². The summed E-state index contributed by atoms with van der Waals surface area (Å²) in [5.41, 5.74) is 1.24. The highest BCUT2D eigenvalue weighted by atomic mass is 32.1. The molecule has 0 saturated carbocycles. The number of piperazine rings is 1. The van der Waals surface area contributed by atoms with Crippen molar-refractivity contribution in [2.24, 2.45) is 0 Å². The van der Waals surface area contributed by atoms with E-state index >= 15 is 0 Å². The zero-order chi connectivity index (χ0) is 23.6. The van der Waals surface area contributed by atoms with Crippen LogP contribution in [0.3, 0.4) is 0 Å². The van der Waals surface area contributed by atoms with Gasteiger partial charge in [-0.05, 0) is 43.6 Å². The number of likely N-dealkylation sites (N-methyl/N-ethyl adjacent to an activating group) is 1. The average molecular weight is 472 g/mol. The Morgan fingerprint density at radius 3 is 2.30 bits per heavy atom. The van der Waals surface area contributed by atoms with Crippen LogP contribution in [0, 0.1) is 0 Å². The van der Waals surface area contributed by atoms with Gasteiger partial charge >= 0.3 is 11.8 Å². The van der Waals surface area contributed by atoms with Crippen LogP contribution in [0.5, 0.6) is 0 Å². The van der Waals surface area contributed by atoms with Gasteiger partial charge in [-0.25, -0.2) is 0 Å². The maximum Gasteiger partial charge on any atom is 0.309 e. The molecule has 1 saturated heterocycles. The lowest BCUT2D eigenvalue weighted by Crippen LogP contribution is -2.54. The van der Waals surface area contributed by atoms with Gasteiger partial charge in [0.15, 0.2) is 0 Å². The van der Waals surface area contributed by atoms with Gasteiger partial charge in [-0.1, -0.05) is 38.1 Å². The normalized spacial score (nSPS) is 16.4. The molecule has 2 N–H and O–H groups in total. The summed E-state index contributed by atoms with van der Waals surface area (Å²) in [6.07, 6.45) is 0. The van der Waals surface area contributed by atoms with Crippen LogP contribution in [0.25, 0.3) is 0 Å². The quantitative estimate of drug-likeness (QED) is 0.522. The fraction of sp³-hybridized carbons (Fsp3) is 0.520. The van der Waals surface area contributed by atoms with Gasteiger partial charge < -0.3 is 20.4 Å². The molecular formula is C25H37N5O2S. The van der Waals surface area contributed by atoms with E-state index in [9.17, 15) is 9.59 Å². The van der Waals surface area contributed by atoms with Crippen LogP contribution in [0.15, 0.2) is 47.8 Å². The number of nitrogens with one attached hydrogen (secondary N) is 2. The van der Waals surface area contributed by atoms with Gasteiger partial charge in [0.1, 0.15) is 0 Å². The number of benzene rings is 1. The Kier molecular flexibility index (Phi) is 9.72. The van der Waals surface area contributed by atoms with Crippen molar-refractivity contribution in [3.05, 3.63) is 52.7 Å². The maximum absolute atomic E-state index is 12.6. The third kappa shape index (κ3) is 7.03. The number of carbonyl (C=O) groups excluding carboxylic acids is 2. The van der Waals surface area contributed by atoms with Gasteiger partial charge in [-0.2, -0.15) is 0 Å². The molecule has 3 rings (SSSR count). The van der Waals surface area contributed by atoms with Crippen molar-refractivity contribution in [3.8, 4) is 0 Å². The lowest BCUT2D eigenvalue weighted by atomic mass is 10.0. The largest absolute Gasteiger partial charge is 0.369 e. The standard InChI is InChI=1S/C25H37N5O2S/c1-4-28(5-2)14-13-26-24(31)25(32)27-20(3)23(22-12-9-19-33-22)30-17-15-29(16-18-30)21-10-7-6-8-11-21/h6-12,19-20,23H,4-5,13-18H2,1-3H3,(H,26,31)(H,27,32). The number of carbonyl (C=O) groups is 2. The number of hydrogen-bond donors (Lipinski definition) is 2. The monoisotopic (exact) mass is 471 g/mol. The van der Waals surface area contributed by atoms with Crippen molar-refractivity contribution in [2.45, 2.75) is 32.9 Å². The molecule has 1 aromatic heterocycles. The number of para-hydroxylation sites is 1. The Morgan fingerprint density at radius 2 is 1.70 bits per heavy atom. The summed E-state index contributed by atoms with van der Waals surface area (Å²) in [5.74, 6) is -1.13. The van der Waals surface area contributed by atoms with Crippen LogP contribution < -0.4 is 15.5 Å². The number of anilines is 1. The van der Waals surface area contributed by atoms with Gasteiger partial charge in [-0.15, -0.1) is 11.3 Å². The second kappa shape index (κ2) is 12.7. The zero-order valence-corrected chi connectivity index (χ0v) is 20.8. The molecule has 0 spiro atoms. The number of thiophene rings is 1. The molecule has 1 fully saturated rings. The summed E-state index contributed by atoms with van der Waals surface area (Å²) >= 11 is 1.70. The molecule has 1 aliphatic rings. The van der Waals surface area contributed by atoms with E-state index in [1.165, 1.54) is 10.6 Å². The zero-order valence-electron chi connectivity index (χ0n) is 20.0. The summed E-state index contributed by atoms with van der Waals surface area (Å²) in [4.78, 5) is 33.2. The van der Waals surface area contributed by atoms with Crippen LogP contribution in [0.1, 0.15) is 31.7 Å². The summed E-state index contributed by atoms with van der Waals surface area (Å²) < 4.78 is 0. The average Bonchev–Trinajstić information content (AvgIpc) is 3.37. The van der Waals surface area contributed by atoms with Crippen LogP contribution in [0.2, 0.25) is 0 Å². The third-order valence-electron chi connectivity index (χ3n) is 6.31. The van der Waals surface area contributed by atoms with Crippen LogP contribution in [-0.2, 0) is 9.59 Å². The summed E-state index contributed by atoms with van der Waals surface area (Å²) in [7, 11) is 0. The minimum Gasteiger partial charge on any atom is -0.369 e. The molecule has 2 atom stereocenters. The first-order valence-electron chi connectivity index (χ1n) is 11.9. The Labute approximate surface area is 201 Å². The van der Waals surface area contributed by atoms with Gasteiger partial charge in [0, 0.05) is 55.9 Å². The number of hydrogen-bond acceptors (Lipinski definition) is 6. The molecule has 0 bridgehead atoms. The second-order valence-electron chi connectivity index (χ2n) is 8.36. The topological polar surface area (TPSA) is 67.9 Å². The minimum absolute atomic E-state index is 0.0374. The predicted octanol–water partition coefficient (Wildman–Crippen LogP) is 2.57. The first kappa shape index (κ1) is 25.2. The highest BCUT2D eigenvalue weighted by Gasteiger charge is 2.31. The Hall–Kier alpha value is -2.42. The van der Waals surface area contributed by atoms with Gasteiger partial charge in [0.05, 0.1) is 6.04 Å². The van der Waals surface area contributed by atoms with Gasteiger partial charge in [0.25, 0.3) is 0 Å². The summed E-state index contributed by atoms with van der Waals surface area (Å²) in [6.45, 7) is 12.9. The van der Waals surface area contributed by atoms with E-state index in [0.29, 0.717) is 6.54 Å². The lowest BCUT2D eigenvalue weighted by Gasteiger charge is -2.42. The van der Waals surface area contributed by atoms with Crippen molar-refractivity contribution < 1.29 is 9.59 Å². The Balaban J connectivity index is 1.57. The molecule has 2 aromatic rings. The molecule has 8 heteroatoms. The SMILES string of the molecule is CCN(CC)CCNC(=O)C(=O)NC(C)C(c1cccs1)N1CCN(c2ccccc2)CC1. The molecule has 7 nitrogen and oxygen atoms in total. The molecule has 33 heavy (non-hydrogen) atoms. The Morgan fingerprint density at radius 1 is 1.00 bits per heavy atom. The number of rotatable bonds is 10. The predicted molar refractivity (Wildman–Crippen MR) is 136 cm³/mol. The molecule has 2 unspecified atom stereocenters. The molecule has 2 heterocycles. The van der Waals surface area contributed by atoms with Crippen LogP contribution >= 0.6 is 11.3 Å². The number of amides is 2. The van der Waals surface area contributed by atoms with Gasteiger partial charge in [0.2, 0.25) is 0 Å². The maximum atomic E-state index is 12.6. The van der Waals surface area contributed by atoms with Gasteiger partial charge in [-0.3, -0.25) is 14.5 Å². The Bertz CT molecular complexity index is 849. The van der Waals surface area contributed by atoms with E-state index in [2.05, 4.69) is 74.9 Å². The first-order chi connectivity index (χ1) is 16.0. The molecule has 0 aliphatic carbocycles.